The first-order valence-electron chi connectivity index (χ1n) is 10.6. The van der Waals surface area contributed by atoms with Crippen LogP contribution in [0.2, 0.25) is 5.02 Å². The molecule has 2 heterocycles. The van der Waals surface area contributed by atoms with Crippen molar-refractivity contribution in [3.8, 4) is 11.5 Å². The zero-order chi connectivity index (χ0) is 25.2. The summed E-state index contributed by atoms with van der Waals surface area (Å²) in [5, 5.41) is 8.86. The van der Waals surface area contributed by atoms with Crippen molar-refractivity contribution in [3.63, 3.8) is 0 Å². The van der Waals surface area contributed by atoms with Crippen LogP contribution in [0.4, 0.5) is 0 Å². The molecule has 12 heteroatoms. The molecule has 9 nitrogen and oxygen atoms in total. The number of sulfone groups is 1. The van der Waals surface area contributed by atoms with Crippen LogP contribution in [0.5, 0.6) is 11.5 Å². The molecule has 2 aliphatic heterocycles. The highest BCUT2D eigenvalue weighted by molar-refractivity contribution is 8.16. The van der Waals surface area contributed by atoms with Gasteiger partial charge in [-0.1, -0.05) is 42.8 Å². The van der Waals surface area contributed by atoms with E-state index in [0.717, 1.165) is 22.4 Å². The number of fused-ring (bicyclic) bond motifs is 1. The van der Waals surface area contributed by atoms with Crippen LogP contribution in [0.3, 0.4) is 0 Å². The van der Waals surface area contributed by atoms with Crippen LogP contribution >= 0.6 is 23.5 Å². The van der Waals surface area contributed by atoms with E-state index in [4.69, 9.17) is 26.5 Å². The third kappa shape index (κ3) is 5.12. The van der Waals surface area contributed by atoms with Gasteiger partial charge >= 0.3 is 0 Å². The fourth-order valence-electron chi connectivity index (χ4n) is 3.27. The van der Waals surface area contributed by atoms with Crippen molar-refractivity contribution >= 4 is 61.5 Å². The maximum Gasteiger partial charge on any atom is 0.283 e. The number of amides is 1. The van der Waals surface area contributed by atoms with E-state index in [0.29, 0.717) is 28.7 Å². The van der Waals surface area contributed by atoms with Crippen molar-refractivity contribution in [3.05, 3.63) is 64.2 Å². The molecule has 1 amide bonds. The Kier molecular flexibility index (Phi) is 7.29. The number of aliphatic imine (C=N–C) groups is 1. The van der Waals surface area contributed by atoms with Crippen LogP contribution in [0.15, 0.2) is 57.4 Å². The number of hydrogen-bond donors (Lipinski definition) is 1. The van der Waals surface area contributed by atoms with Gasteiger partial charge in [0, 0.05) is 10.6 Å². The lowest BCUT2D eigenvalue weighted by Crippen LogP contribution is -2.45. The quantitative estimate of drug-likeness (QED) is 0.416. The lowest BCUT2D eigenvalue weighted by molar-refractivity contribution is -0.114. The van der Waals surface area contributed by atoms with Gasteiger partial charge in [-0.2, -0.15) is 9.39 Å². The van der Waals surface area contributed by atoms with E-state index >= 15 is 0 Å². The van der Waals surface area contributed by atoms with E-state index in [2.05, 4.69) is 9.39 Å². The second-order valence-corrected chi connectivity index (χ2v) is 10.6. The number of carbonyl (C=O) groups excluding carboxylic acids is 1. The molecule has 35 heavy (non-hydrogen) atoms. The van der Waals surface area contributed by atoms with Crippen molar-refractivity contribution in [1.82, 2.24) is 4.90 Å². The van der Waals surface area contributed by atoms with Crippen molar-refractivity contribution in [2.75, 3.05) is 12.4 Å². The number of hydrogen-bond acceptors (Lipinski definition) is 8. The normalized spacial score (nSPS) is 16.8. The molecule has 0 radical (unpaired) electrons. The number of ether oxygens (including phenoxy) is 2. The second kappa shape index (κ2) is 10.2. The van der Waals surface area contributed by atoms with Gasteiger partial charge in [0.15, 0.2) is 11.5 Å². The number of nitrogens with zero attached hydrogens (tertiary/aromatic N) is 3. The summed E-state index contributed by atoms with van der Waals surface area (Å²) in [7, 11) is -3.72. The molecule has 2 aliphatic rings. The van der Waals surface area contributed by atoms with E-state index in [-0.39, 0.29) is 34.1 Å². The van der Waals surface area contributed by atoms with Gasteiger partial charge < -0.3 is 9.47 Å². The maximum atomic E-state index is 12.6. The Hall–Kier alpha value is -3.15. The Bertz CT molecular complexity index is 1400. The number of rotatable bonds is 7. The minimum absolute atomic E-state index is 0.0440. The first kappa shape index (κ1) is 25.0. The monoisotopic (exact) mass is 532 g/mol. The number of nitrogens with one attached hydrogen (secondary N) is 1. The predicted octanol–water partition coefficient (Wildman–Crippen LogP) is 4.33. The van der Waals surface area contributed by atoms with E-state index in [9.17, 15) is 13.2 Å². The van der Waals surface area contributed by atoms with Crippen molar-refractivity contribution in [2.24, 2.45) is 9.39 Å². The Morgan fingerprint density at radius 2 is 1.91 bits per heavy atom. The van der Waals surface area contributed by atoms with Crippen LogP contribution < -0.4 is 9.47 Å². The van der Waals surface area contributed by atoms with Gasteiger partial charge in [0.1, 0.15) is 12.4 Å². The third-order valence-electron chi connectivity index (χ3n) is 5.07. The molecule has 0 atom stereocenters. The molecular formula is C23H21ClN4O5S2. The molecular weight excluding hydrogens is 512 g/mol. The minimum atomic E-state index is -3.72. The Morgan fingerprint density at radius 1 is 1.14 bits per heavy atom. The zero-order valence-corrected chi connectivity index (χ0v) is 21.2. The fraction of sp³-hybridized carbons (Fsp3) is 0.217. The molecule has 0 fully saturated rings. The molecule has 182 valence electrons. The molecule has 2 aromatic carbocycles. The lowest BCUT2D eigenvalue weighted by Gasteiger charge is -2.24. The second-order valence-electron chi connectivity index (χ2n) is 7.33. The van der Waals surface area contributed by atoms with Crippen molar-refractivity contribution < 1.29 is 22.7 Å². The van der Waals surface area contributed by atoms with Crippen LogP contribution in [0.25, 0.3) is 6.08 Å². The van der Waals surface area contributed by atoms with Crippen molar-refractivity contribution in [2.45, 2.75) is 20.5 Å². The third-order valence-corrected chi connectivity index (χ3v) is 7.85. The Labute approximate surface area is 212 Å². The van der Waals surface area contributed by atoms with E-state index in [1.54, 1.807) is 24.3 Å². The molecule has 4 rings (SSSR count). The summed E-state index contributed by atoms with van der Waals surface area (Å²) >= 11 is 6.96. The summed E-state index contributed by atoms with van der Waals surface area (Å²) in [6.07, 6.45) is 1.46. The highest BCUT2D eigenvalue weighted by Crippen LogP contribution is 2.33. The van der Waals surface area contributed by atoms with Crippen LogP contribution in [-0.4, -0.2) is 47.8 Å². The standard InChI is InChI=1S/C23H21ClN4O5S2/c1-3-32-19-12-14(9-10-18(19)33-13-15-7-5-6-8-17(15)24)11-16-20(25)28-22(26-21(16)29)34-27-23(28)35(30,31)4-2/h5-12,25H,3-4,13H2,1-2H3/b16-11-,25-20?. The number of amidine groups is 3. The Morgan fingerprint density at radius 3 is 2.63 bits per heavy atom. The minimum Gasteiger partial charge on any atom is -0.490 e. The Balaban J connectivity index is 1.63. The average Bonchev–Trinajstić information content (AvgIpc) is 3.27. The van der Waals surface area contributed by atoms with Crippen LogP contribution in [0, 0.1) is 5.41 Å². The van der Waals surface area contributed by atoms with Crippen LogP contribution in [-0.2, 0) is 21.2 Å². The molecule has 0 spiro atoms. The lowest BCUT2D eigenvalue weighted by atomic mass is 10.1. The van der Waals surface area contributed by atoms with Crippen molar-refractivity contribution in [1.29, 1.82) is 5.41 Å². The molecule has 0 aliphatic carbocycles. The smallest absolute Gasteiger partial charge is 0.283 e. The molecule has 0 saturated carbocycles. The summed E-state index contributed by atoms with van der Waals surface area (Å²) in [6, 6.07) is 12.4. The largest absolute Gasteiger partial charge is 0.490 e. The molecule has 2 aromatic rings. The first-order chi connectivity index (χ1) is 16.7. The predicted molar refractivity (Wildman–Crippen MR) is 138 cm³/mol. The van der Waals surface area contributed by atoms with Gasteiger partial charge in [-0.05, 0) is 36.8 Å². The van der Waals surface area contributed by atoms with Gasteiger partial charge in [0.05, 0.1) is 29.9 Å². The molecule has 1 N–H and O–H groups in total. The summed E-state index contributed by atoms with van der Waals surface area (Å²) in [5.41, 5.74) is 1.30. The SMILES string of the molecule is CCOc1cc(/C=C2/C(=N)N3C(=NC2=O)SN=C3S(=O)(=O)CC)ccc1OCc1ccccc1Cl. The van der Waals surface area contributed by atoms with E-state index in [1.807, 2.05) is 25.1 Å². The van der Waals surface area contributed by atoms with E-state index in [1.165, 1.54) is 13.0 Å². The van der Waals surface area contributed by atoms with Gasteiger partial charge in [-0.15, -0.1) is 0 Å². The summed E-state index contributed by atoms with van der Waals surface area (Å²) < 4.78 is 40.4. The maximum absolute atomic E-state index is 12.6. The fourth-order valence-corrected chi connectivity index (χ4v) is 5.42. The average molecular weight is 533 g/mol. The van der Waals surface area contributed by atoms with Gasteiger partial charge in [0.25, 0.3) is 5.91 Å². The summed E-state index contributed by atoms with van der Waals surface area (Å²) in [4.78, 5) is 17.7. The molecule has 0 bridgehead atoms. The topological polar surface area (TPSA) is 121 Å². The molecule has 0 aromatic heterocycles. The molecule has 0 unspecified atom stereocenters. The highest BCUT2D eigenvalue weighted by Gasteiger charge is 2.42. The number of carbonyl (C=O) groups is 1. The first-order valence-corrected chi connectivity index (χ1v) is 13.4. The van der Waals surface area contributed by atoms with E-state index < -0.39 is 15.7 Å². The van der Waals surface area contributed by atoms with Crippen LogP contribution in [0.1, 0.15) is 25.0 Å². The van der Waals surface area contributed by atoms with Gasteiger partial charge in [0.2, 0.25) is 20.2 Å². The summed E-state index contributed by atoms with van der Waals surface area (Å²) in [5.74, 6) is -0.225. The summed E-state index contributed by atoms with van der Waals surface area (Å²) in [6.45, 7) is 3.93. The van der Waals surface area contributed by atoms with Gasteiger partial charge in [-0.25, -0.2) is 13.3 Å². The molecule has 0 saturated heterocycles. The highest BCUT2D eigenvalue weighted by atomic mass is 35.5. The zero-order valence-electron chi connectivity index (χ0n) is 18.8. The van der Waals surface area contributed by atoms with Gasteiger partial charge in [-0.3, -0.25) is 10.2 Å². The number of halogens is 1. The number of benzene rings is 2.